The van der Waals surface area contributed by atoms with Gasteiger partial charge in [0, 0.05) is 19.4 Å². The lowest BCUT2D eigenvalue weighted by molar-refractivity contribution is -0.139. The van der Waals surface area contributed by atoms with Crippen LogP contribution in [0.4, 0.5) is 0 Å². The van der Waals surface area contributed by atoms with Crippen LogP contribution in [0.1, 0.15) is 26.2 Å². The number of ketones is 1. The molecule has 5 nitrogen and oxygen atoms in total. The number of carboxylic acid groups (broad SMARTS) is 1. The highest BCUT2D eigenvalue weighted by molar-refractivity contribution is 6.36. The summed E-state index contributed by atoms with van der Waals surface area (Å²) in [5.41, 5.74) is 0. The van der Waals surface area contributed by atoms with Crippen molar-refractivity contribution in [3.8, 4) is 0 Å². The van der Waals surface area contributed by atoms with Crippen molar-refractivity contribution >= 4 is 17.7 Å². The standard InChI is InChI=1S/C5H7NO2.C3H6O2/c7-4-2-1-3-6-5(4)8;1-2-3(4)5/h1-3H2,(H,6,8);2H2,1H3,(H,4,5). The van der Waals surface area contributed by atoms with Gasteiger partial charge in [0.05, 0.1) is 0 Å². The number of hydrogen-bond acceptors (Lipinski definition) is 3. The van der Waals surface area contributed by atoms with Crippen molar-refractivity contribution < 1.29 is 19.5 Å². The van der Waals surface area contributed by atoms with E-state index in [1.54, 1.807) is 6.92 Å². The van der Waals surface area contributed by atoms with Crippen molar-refractivity contribution in [3.05, 3.63) is 0 Å². The minimum atomic E-state index is -0.745. The average Bonchev–Trinajstić information content (AvgIpc) is 2.11. The molecule has 5 heteroatoms. The second-order valence-corrected chi connectivity index (χ2v) is 2.53. The highest BCUT2D eigenvalue weighted by Crippen LogP contribution is 1.94. The molecule has 1 rings (SSSR count). The predicted molar refractivity (Wildman–Crippen MR) is 45.2 cm³/mol. The van der Waals surface area contributed by atoms with Crippen LogP contribution in [-0.4, -0.2) is 29.3 Å². The van der Waals surface area contributed by atoms with E-state index in [2.05, 4.69) is 5.32 Å². The SMILES string of the molecule is CCC(=O)O.O=C1CCCNC1=O. The van der Waals surface area contributed by atoms with E-state index >= 15 is 0 Å². The van der Waals surface area contributed by atoms with E-state index in [1.165, 1.54) is 0 Å². The van der Waals surface area contributed by atoms with Crippen molar-refractivity contribution in [2.75, 3.05) is 6.54 Å². The van der Waals surface area contributed by atoms with Crippen LogP contribution in [0, 0.1) is 0 Å². The van der Waals surface area contributed by atoms with E-state index in [-0.39, 0.29) is 12.2 Å². The van der Waals surface area contributed by atoms with Crippen molar-refractivity contribution in [2.24, 2.45) is 0 Å². The molecule has 2 N–H and O–H groups in total. The maximum atomic E-state index is 10.4. The number of rotatable bonds is 1. The van der Waals surface area contributed by atoms with Gasteiger partial charge in [0.15, 0.2) is 0 Å². The molecule has 0 aliphatic carbocycles. The molecule has 0 bridgehead atoms. The van der Waals surface area contributed by atoms with Crippen LogP contribution in [0.25, 0.3) is 0 Å². The van der Waals surface area contributed by atoms with Crippen LogP contribution >= 0.6 is 0 Å². The molecular weight excluding hydrogens is 174 g/mol. The Morgan fingerprint density at radius 2 is 2.08 bits per heavy atom. The Hall–Kier alpha value is -1.39. The van der Waals surface area contributed by atoms with Gasteiger partial charge in [-0.25, -0.2) is 0 Å². The zero-order valence-corrected chi connectivity index (χ0v) is 7.50. The molecule has 13 heavy (non-hydrogen) atoms. The third-order valence-corrected chi connectivity index (χ3v) is 1.42. The maximum absolute atomic E-state index is 10.4. The van der Waals surface area contributed by atoms with Gasteiger partial charge in [0.1, 0.15) is 0 Å². The predicted octanol–water partition coefficient (Wildman–Crippen LogP) is -0.0535. The Balaban J connectivity index is 0.000000252. The number of carbonyl (C=O) groups is 3. The molecule has 0 saturated carbocycles. The summed E-state index contributed by atoms with van der Waals surface area (Å²) >= 11 is 0. The molecular formula is C8H13NO4. The number of hydrogen-bond donors (Lipinski definition) is 2. The number of amides is 1. The first-order chi connectivity index (χ1) is 6.07. The van der Waals surface area contributed by atoms with E-state index in [1.807, 2.05) is 0 Å². The Kier molecular flexibility index (Phi) is 5.50. The number of carboxylic acids is 1. The zero-order chi connectivity index (χ0) is 10.3. The number of nitrogens with one attached hydrogen (secondary N) is 1. The molecule has 1 aliphatic rings. The van der Waals surface area contributed by atoms with Crippen molar-refractivity contribution in [3.63, 3.8) is 0 Å². The summed E-state index contributed by atoms with van der Waals surface area (Å²) in [5.74, 6) is -1.45. The van der Waals surface area contributed by atoms with Crippen molar-refractivity contribution in [1.82, 2.24) is 5.32 Å². The molecule has 0 aromatic carbocycles. The highest BCUT2D eigenvalue weighted by atomic mass is 16.4. The number of aliphatic carboxylic acids is 1. The average molecular weight is 187 g/mol. The fraction of sp³-hybridized carbons (Fsp3) is 0.625. The summed E-state index contributed by atoms with van der Waals surface area (Å²) in [6, 6.07) is 0. The minimum absolute atomic E-state index is 0.222. The van der Waals surface area contributed by atoms with Crippen LogP contribution in [0.3, 0.4) is 0 Å². The Bertz CT molecular complexity index is 196. The molecule has 0 aromatic rings. The smallest absolute Gasteiger partial charge is 0.303 e. The fourth-order valence-electron chi connectivity index (χ4n) is 0.663. The summed E-state index contributed by atoms with van der Waals surface area (Å²) in [6.07, 6.45) is 1.44. The van der Waals surface area contributed by atoms with E-state index in [0.717, 1.165) is 6.42 Å². The van der Waals surface area contributed by atoms with Crippen LogP contribution < -0.4 is 5.32 Å². The van der Waals surface area contributed by atoms with Gasteiger partial charge in [-0.15, -0.1) is 0 Å². The van der Waals surface area contributed by atoms with Crippen molar-refractivity contribution in [2.45, 2.75) is 26.2 Å². The minimum Gasteiger partial charge on any atom is -0.481 e. The molecule has 0 atom stereocenters. The van der Waals surface area contributed by atoms with Crippen molar-refractivity contribution in [1.29, 1.82) is 0 Å². The van der Waals surface area contributed by atoms with Crippen LogP contribution in [0.2, 0.25) is 0 Å². The van der Waals surface area contributed by atoms with Gasteiger partial charge in [0.25, 0.3) is 5.91 Å². The highest BCUT2D eigenvalue weighted by Gasteiger charge is 2.16. The molecule has 1 amide bonds. The molecule has 0 unspecified atom stereocenters. The third kappa shape index (κ3) is 5.84. The summed E-state index contributed by atoms with van der Waals surface area (Å²) in [7, 11) is 0. The number of carbonyl (C=O) groups excluding carboxylic acids is 2. The van der Waals surface area contributed by atoms with Gasteiger partial charge in [-0.05, 0) is 6.42 Å². The van der Waals surface area contributed by atoms with E-state index in [9.17, 15) is 14.4 Å². The topological polar surface area (TPSA) is 83.5 Å². The summed E-state index contributed by atoms with van der Waals surface area (Å²) < 4.78 is 0. The van der Waals surface area contributed by atoms with Gasteiger partial charge in [-0.2, -0.15) is 0 Å². The van der Waals surface area contributed by atoms with Crippen LogP contribution in [0.15, 0.2) is 0 Å². The monoisotopic (exact) mass is 187 g/mol. The third-order valence-electron chi connectivity index (χ3n) is 1.42. The molecule has 1 heterocycles. The molecule has 1 fully saturated rings. The van der Waals surface area contributed by atoms with Gasteiger partial charge < -0.3 is 10.4 Å². The molecule has 1 aliphatic heterocycles. The Morgan fingerprint density at radius 1 is 1.54 bits per heavy atom. The second-order valence-electron chi connectivity index (χ2n) is 2.53. The zero-order valence-electron chi connectivity index (χ0n) is 7.50. The number of piperidine rings is 1. The maximum Gasteiger partial charge on any atom is 0.303 e. The second kappa shape index (κ2) is 6.16. The summed E-state index contributed by atoms with van der Waals surface area (Å²) in [5, 5.41) is 10.2. The van der Waals surface area contributed by atoms with Crippen LogP contribution in [0.5, 0.6) is 0 Å². The van der Waals surface area contributed by atoms with E-state index in [0.29, 0.717) is 13.0 Å². The van der Waals surface area contributed by atoms with Gasteiger partial charge in [-0.3, -0.25) is 14.4 Å². The van der Waals surface area contributed by atoms with Gasteiger partial charge in [-0.1, -0.05) is 6.92 Å². The normalized spacial score (nSPS) is 15.5. The largest absolute Gasteiger partial charge is 0.481 e. The molecule has 74 valence electrons. The first-order valence-corrected chi connectivity index (χ1v) is 4.10. The summed E-state index contributed by atoms with van der Waals surface area (Å²) in [6.45, 7) is 2.26. The first-order valence-electron chi connectivity index (χ1n) is 4.10. The quantitative estimate of drug-likeness (QED) is 0.563. The molecule has 0 radical (unpaired) electrons. The lowest BCUT2D eigenvalue weighted by Gasteiger charge is -2.07. The number of Topliss-reactive ketones (excluding diaryl/α,β-unsaturated/α-hetero) is 1. The molecule has 1 saturated heterocycles. The Labute approximate surface area is 76.1 Å². The Morgan fingerprint density at radius 3 is 2.31 bits per heavy atom. The first kappa shape index (κ1) is 11.6. The lowest BCUT2D eigenvalue weighted by atomic mass is 10.1. The van der Waals surface area contributed by atoms with Crippen LogP contribution in [-0.2, 0) is 14.4 Å². The lowest BCUT2D eigenvalue weighted by Crippen LogP contribution is -2.36. The van der Waals surface area contributed by atoms with Gasteiger partial charge in [0.2, 0.25) is 5.78 Å². The molecule has 0 aromatic heterocycles. The van der Waals surface area contributed by atoms with E-state index < -0.39 is 11.9 Å². The molecule has 0 spiro atoms. The van der Waals surface area contributed by atoms with Gasteiger partial charge >= 0.3 is 5.97 Å². The fourth-order valence-corrected chi connectivity index (χ4v) is 0.663. The summed E-state index contributed by atoms with van der Waals surface area (Å²) in [4.78, 5) is 30.1. The van der Waals surface area contributed by atoms with E-state index in [4.69, 9.17) is 5.11 Å².